The molecule has 0 radical (unpaired) electrons. The molecule has 0 spiro atoms. The van der Waals surface area contributed by atoms with E-state index in [2.05, 4.69) is 4.98 Å². The van der Waals surface area contributed by atoms with Gasteiger partial charge in [0.2, 0.25) is 0 Å². The van der Waals surface area contributed by atoms with E-state index in [1.54, 1.807) is 17.6 Å². The van der Waals surface area contributed by atoms with Crippen molar-refractivity contribution < 1.29 is 0 Å². The van der Waals surface area contributed by atoms with Crippen molar-refractivity contribution in [3.8, 4) is 6.07 Å². The molecule has 1 heterocycles. The number of nitriles is 1. The van der Waals surface area contributed by atoms with E-state index in [9.17, 15) is 0 Å². The molecule has 0 aliphatic heterocycles. The smallest absolute Gasteiger partial charge is 0.101 e. The number of benzene rings is 1. The molecule has 0 saturated heterocycles. The van der Waals surface area contributed by atoms with Gasteiger partial charge in [-0.05, 0) is 12.1 Å². The third-order valence-corrected chi connectivity index (χ3v) is 2.64. The van der Waals surface area contributed by atoms with Crippen LogP contribution in [0.4, 0.5) is 0 Å². The summed E-state index contributed by atoms with van der Waals surface area (Å²) in [5, 5.41) is 9.15. The number of nitrogens with zero attached hydrogens (tertiary/aromatic N) is 2. The van der Waals surface area contributed by atoms with Crippen molar-refractivity contribution in [3.63, 3.8) is 0 Å². The summed E-state index contributed by atoms with van der Waals surface area (Å²) in [5.41, 5.74) is 3.05. The van der Waals surface area contributed by atoms with Gasteiger partial charge < -0.3 is 0 Å². The number of hydrogen-bond acceptors (Lipinski definition) is 3. The van der Waals surface area contributed by atoms with Crippen molar-refractivity contribution >= 4 is 33.2 Å². The fourth-order valence-electron chi connectivity index (χ4n) is 0.964. The Kier molecular flexibility index (Phi) is 1.72. The molecule has 0 fully saturated rings. The van der Waals surface area contributed by atoms with Gasteiger partial charge in [-0.15, -0.1) is 11.3 Å². The summed E-state index contributed by atoms with van der Waals surface area (Å²) in [7, 11) is 0. The van der Waals surface area contributed by atoms with Gasteiger partial charge in [-0.2, -0.15) is 5.26 Å². The molecule has 12 heavy (non-hydrogen) atoms. The molecule has 0 amide bonds. The molecule has 0 aliphatic carbocycles. The summed E-state index contributed by atoms with van der Waals surface area (Å²) in [6, 6.07) is 5.48. The summed E-state index contributed by atoms with van der Waals surface area (Å²) < 4.78 is 1.01. The first-order valence-electron chi connectivity index (χ1n) is 3.24. The maximum atomic E-state index is 8.66. The first kappa shape index (κ1) is 7.53. The molecule has 0 unspecified atom stereocenters. The molecule has 0 saturated carbocycles. The Bertz CT molecular complexity index is 469. The quantitative estimate of drug-likeness (QED) is 0.647. The van der Waals surface area contributed by atoms with E-state index in [-0.39, 0.29) is 0 Å². The fraction of sp³-hybridized carbons (Fsp3) is 0. The number of aromatic nitrogens is 1. The zero-order valence-electron chi connectivity index (χ0n) is 5.91. The van der Waals surface area contributed by atoms with Crippen molar-refractivity contribution in [1.82, 2.24) is 4.98 Å². The molecular formula is C8H3ClN2S. The molecule has 0 aliphatic rings. The van der Waals surface area contributed by atoms with Gasteiger partial charge in [0.25, 0.3) is 0 Å². The largest absolute Gasteiger partial charge is 0.245 e. The minimum Gasteiger partial charge on any atom is -0.245 e. The highest BCUT2D eigenvalue weighted by Crippen LogP contribution is 2.25. The first-order valence-corrected chi connectivity index (χ1v) is 4.50. The third-order valence-electron chi connectivity index (χ3n) is 1.54. The van der Waals surface area contributed by atoms with Crippen molar-refractivity contribution in [1.29, 1.82) is 5.26 Å². The molecular weight excluding hydrogens is 192 g/mol. The molecule has 1 aromatic heterocycles. The molecule has 0 bridgehead atoms. The lowest BCUT2D eigenvalue weighted by molar-refractivity contribution is 1.47. The SMILES string of the molecule is N#Cc1cc2ncsc2cc1Cl. The Balaban J connectivity index is 2.84. The Hall–Kier alpha value is -1.11. The summed E-state index contributed by atoms with van der Waals surface area (Å²) in [4.78, 5) is 4.08. The van der Waals surface area contributed by atoms with Gasteiger partial charge >= 0.3 is 0 Å². The van der Waals surface area contributed by atoms with Crippen molar-refractivity contribution in [2.45, 2.75) is 0 Å². The second kappa shape index (κ2) is 2.74. The lowest BCUT2D eigenvalue weighted by atomic mass is 10.2. The maximum absolute atomic E-state index is 8.66. The monoisotopic (exact) mass is 194 g/mol. The van der Waals surface area contributed by atoms with E-state index in [1.165, 1.54) is 11.3 Å². The standard InChI is InChI=1S/C8H3ClN2S/c9-6-2-8-7(11-4-12-8)1-5(6)3-10/h1-2,4H. The van der Waals surface area contributed by atoms with Gasteiger partial charge in [0.15, 0.2) is 0 Å². The van der Waals surface area contributed by atoms with Gasteiger partial charge in [0.1, 0.15) is 6.07 Å². The number of fused-ring (bicyclic) bond motifs is 1. The van der Waals surface area contributed by atoms with E-state index in [0.717, 1.165) is 10.2 Å². The number of hydrogen-bond donors (Lipinski definition) is 0. The van der Waals surface area contributed by atoms with Gasteiger partial charge in [-0.3, -0.25) is 0 Å². The molecule has 4 heteroatoms. The third kappa shape index (κ3) is 1.06. The Labute approximate surface area is 78.0 Å². The van der Waals surface area contributed by atoms with Crippen LogP contribution in [-0.4, -0.2) is 4.98 Å². The topological polar surface area (TPSA) is 36.7 Å². The predicted molar refractivity (Wildman–Crippen MR) is 49.3 cm³/mol. The normalized spacial score (nSPS) is 10.0. The van der Waals surface area contributed by atoms with Crippen LogP contribution in [0.3, 0.4) is 0 Å². The van der Waals surface area contributed by atoms with Gasteiger partial charge in [0.05, 0.1) is 26.3 Å². The zero-order chi connectivity index (χ0) is 8.55. The summed E-state index contributed by atoms with van der Waals surface area (Å²) in [6.07, 6.45) is 0. The number of rotatable bonds is 0. The van der Waals surface area contributed by atoms with Crippen LogP contribution in [0.25, 0.3) is 10.2 Å². The van der Waals surface area contributed by atoms with Crippen molar-refractivity contribution in [3.05, 3.63) is 28.2 Å². The zero-order valence-corrected chi connectivity index (χ0v) is 7.49. The number of halogens is 1. The average Bonchev–Trinajstić information content (AvgIpc) is 2.49. The molecule has 2 aromatic rings. The number of thiazole rings is 1. The van der Waals surface area contributed by atoms with Gasteiger partial charge in [-0.25, -0.2) is 4.98 Å². The lowest BCUT2D eigenvalue weighted by Gasteiger charge is -1.92. The Morgan fingerprint density at radius 1 is 1.50 bits per heavy atom. The van der Waals surface area contributed by atoms with Crippen LogP contribution >= 0.6 is 22.9 Å². The van der Waals surface area contributed by atoms with Crippen molar-refractivity contribution in [2.24, 2.45) is 0 Å². The molecule has 1 aromatic carbocycles. The summed E-state index contributed by atoms with van der Waals surface area (Å²) >= 11 is 7.33. The second-order valence-corrected chi connectivity index (χ2v) is 3.56. The van der Waals surface area contributed by atoms with Crippen LogP contribution in [0.15, 0.2) is 17.6 Å². The summed E-state index contributed by atoms with van der Waals surface area (Å²) in [6.45, 7) is 0. The minimum atomic E-state index is 0.482. The maximum Gasteiger partial charge on any atom is 0.101 e. The first-order chi connectivity index (χ1) is 5.81. The highest BCUT2D eigenvalue weighted by atomic mass is 35.5. The van der Waals surface area contributed by atoms with E-state index in [1.807, 2.05) is 6.07 Å². The molecule has 2 nitrogen and oxygen atoms in total. The molecule has 2 rings (SSSR count). The highest BCUT2D eigenvalue weighted by molar-refractivity contribution is 7.16. The Morgan fingerprint density at radius 2 is 2.33 bits per heavy atom. The highest BCUT2D eigenvalue weighted by Gasteiger charge is 2.03. The fourth-order valence-corrected chi connectivity index (χ4v) is 1.93. The Morgan fingerprint density at radius 3 is 3.08 bits per heavy atom. The van der Waals surface area contributed by atoms with Crippen molar-refractivity contribution in [2.75, 3.05) is 0 Å². The van der Waals surface area contributed by atoms with Crippen LogP contribution < -0.4 is 0 Å². The minimum absolute atomic E-state index is 0.482. The predicted octanol–water partition coefficient (Wildman–Crippen LogP) is 2.82. The van der Waals surface area contributed by atoms with Gasteiger partial charge in [0, 0.05) is 0 Å². The summed E-state index contributed by atoms with van der Waals surface area (Å²) in [5.74, 6) is 0. The van der Waals surface area contributed by atoms with Crippen LogP contribution in [-0.2, 0) is 0 Å². The van der Waals surface area contributed by atoms with E-state index < -0.39 is 0 Å². The molecule has 0 atom stereocenters. The van der Waals surface area contributed by atoms with Crippen LogP contribution in [0.1, 0.15) is 5.56 Å². The lowest BCUT2D eigenvalue weighted by Crippen LogP contribution is -1.76. The van der Waals surface area contributed by atoms with E-state index in [4.69, 9.17) is 16.9 Å². The van der Waals surface area contributed by atoms with Crippen LogP contribution in [0, 0.1) is 11.3 Å². The van der Waals surface area contributed by atoms with Crippen LogP contribution in [0.5, 0.6) is 0 Å². The molecule has 58 valence electrons. The van der Waals surface area contributed by atoms with Crippen LogP contribution in [0.2, 0.25) is 5.02 Å². The molecule has 0 N–H and O–H groups in total. The second-order valence-electron chi connectivity index (χ2n) is 2.26. The van der Waals surface area contributed by atoms with Gasteiger partial charge in [-0.1, -0.05) is 11.6 Å². The van der Waals surface area contributed by atoms with E-state index >= 15 is 0 Å². The van der Waals surface area contributed by atoms with E-state index in [0.29, 0.717) is 10.6 Å². The average molecular weight is 195 g/mol.